The lowest BCUT2D eigenvalue weighted by Gasteiger charge is -2.24. The zero-order chi connectivity index (χ0) is 21.0. The minimum Gasteiger partial charge on any atom is -0.366 e. The first-order chi connectivity index (χ1) is 13.1. The molecule has 0 aliphatic heterocycles. The molecule has 0 aromatic heterocycles. The minimum atomic E-state index is -0.687. The predicted molar refractivity (Wildman–Crippen MR) is 114 cm³/mol. The van der Waals surface area contributed by atoms with E-state index in [1.165, 1.54) is 17.0 Å². The molecule has 0 bridgehead atoms. The summed E-state index contributed by atoms with van der Waals surface area (Å²) < 4.78 is 14.0. The van der Waals surface area contributed by atoms with Crippen LogP contribution >= 0.6 is 11.6 Å². The van der Waals surface area contributed by atoms with Crippen molar-refractivity contribution in [1.82, 2.24) is 9.80 Å². The lowest BCUT2D eigenvalue weighted by atomic mass is 9.86. The van der Waals surface area contributed by atoms with Crippen LogP contribution in [-0.2, 0) is 4.79 Å². The van der Waals surface area contributed by atoms with Gasteiger partial charge in [-0.25, -0.2) is 9.38 Å². The van der Waals surface area contributed by atoms with E-state index in [4.69, 9.17) is 11.6 Å². The number of hydrogen-bond donors (Lipinski definition) is 0. The van der Waals surface area contributed by atoms with Crippen LogP contribution in [0.4, 0.5) is 10.1 Å². The maximum Gasteiger partial charge on any atom is 0.234 e. The van der Waals surface area contributed by atoms with Crippen LogP contribution < -0.4 is 0 Å². The summed E-state index contributed by atoms with van der Waals surface area (Å²) in [5.41, 5.74) is 3.73. The van der Waals surface area contributed by atoms with E-state index in [0.29, 0.717) is 16.1 Å². The van der Waals surface area contributed by atoms with E-state index < -0.39 is 5.92 Å². The van der Waals surface area contributed by atoms with Crippen molar-refractivity contribution in [2.45, 2.75) is 26.7 Å². The molecule has 0 aliphatic rings. The van der Waals surface area contributed by atoms with Gasteiger partial charge in [-0.1, -0.05) is 23.7 Å². The molecule has 1 amide bonds. The molecule has 6 heteroatoms. The number of carbonyl (C=O) groups is 1. The first-order valence-corrected chi connectivity index (χ1v) is 9.55. The fourth-order valence-electron chi connectivity index (χ4n) is 2.91. The summed E-state index contributed by atoms with van der Waals surface area (Å²) in [7, 11) is 5.31. The third-order valence-electron chi connectivity index (χ3n) is 4.76. The molecule has 0 heterocycles. The highest BCUT2D eigenvalue weighted by atomic mass is 35.5. The number of benzene rings is 2. The molecule has 2 aromatic carbocycles. The van der Waals surface area contributed by atoms with Crippen LogP contribution in [0.3, 0.4) is 0 Å². The summed E-state index contributed by atoms with van der Waals surface area (Å²) >= 11 is 6.58. The van der Waals surface area contributed by atoms with E-state index in [-0.39, 0.29) is 11.7 Å². The van der Waals surface area contributed by atoms with Gasteiger partial charge in [-0.05, 0) is 61.2 Å². The van der Waals surface area contributed by atoms with Crippen LogP contribution in [-0.4, -0.2) is 49.7 Å². The Balaban J connectivity index is 2.61. The second-order valence-electron chi connectivity index (χ2n) is 7.14. The van der Waals surface area contributed by atoms with Gasteiger partial charge in [-0.2, -0.15) is 0 Å². The Bertz CT molecular complexity index is 896. The molecule has 2 rings (SSSR count). The molecule has 1 atom stereocenters. The molecular weight excluding hydrogens is 377 g/mol. The third kappa shape index (κ3) is 4.90. The Morgan fingerprint density at radius 1 is 1.14 bits per heavy atom. The van der Waals surface area contributed by atoms with Gasteiger partial charge in [0.2, 0.25) is 5.91 Å². The van der Waals surface area contributed by atoms with E-state index in [9.17, 15) is 9.18 Å². The topological polar surface area (TPSA) is 35.9 Å². The molecular formula is C22H27ClFN3O. The normalized spacial score (nSPS) is 12.3. The van der Waals surface area contributed by atoms with E-state index in [2.05, 4.69) is 4.99 Å². The number of amides is 1. The molecule has 28 heavy (non-hydrogen) atoms. The second kappa shape index (κ2) is 9.20. The van der Waals surface area contributed by atoms with Gasteiger partial charge in [0.1, 0.15) is 5.82 Å². The summed E-state index contributed by atoms with van der Waals surface area (Å²) in [4.78, 5) is 21.0. The van der Waals surface area contributed by atoms with Crippen LogP contribution in [0.2, 0.25) is 5.02 Å². The molecule has 1 unspecified atom stereocenters. The van der Waals surface area contributed by atoms with Crippen molar-refractivity contribution in [3.63, 3.8) is 0 Å². The summed E-state index contributed by atoms with van der Waals surface area (Å²) in [6.45, 7) is 6.67. The Morgan fingerprint density at radius 3 is 2.43 bits per heavy atom. The van der Waals surface area contributed by atoms with Crippen molar-refractivity contribution in [2.24, 2.45) is 4.99 Å². The first kappa shape index (κ1) is 21.9. The zero-order valence-corrected chi connectivity index (χ0v) is 18.0. The average Bonchev–Trinajstić information content (AvgIpc) is 2.65. The maximum absolute atomic E-state index is 14.0. The van der Waals surface area contributed by atoms with E-state index in [0.717, 1.165) is 23.4 Å². The van der Waals surface area contributed by atoms with E-state index >= 15 is 0 Å². The standard InChI is InChI=1S/C22H27ClFN3O/c1-7-27(6)13-25-20-12-19(23)18(10-15(20)3)21(22(28)26(4)5)17-11-16(24)9-8-14(17)2/h8-13,21H,7H2,1-6H3/b25-13+. The quantitative estimate of drug-likeness (QED) is 0.506. The van der Waals surface area contributed by atoms with Gasteiger partial charge in [0.25, 0.3) is 0 Å². The molecule has 2 aromatic rings. The average molecular weight is 404 g/mol. The highest BCUT2D eigenvalue weighted by Crippen LogP contribution is 2.37. The molecule has 150 valence electrons. The predicted octanol–water partition coefficient (Wildman–Crippen LogP) is 4.93. The summed E-state index contributed by atoms with van der Waals surface area (Å²) in [5.74, 6) is -1.22. The number of rotatable bonds is 6. The van der Waals surface area contributed by atoms with Gasteiger partial charge >= 0.3 is 0 Å². The van der Waals surface area contributed by atoms with Crippen molar-refractivity contribution < 1.29 is 9.18 Å². The number of likely N-dealkylation sites (N-methyl/N-ethyl adjacent to an activating group) is 1. The van der Waals surface area contributed by atoms with Crippen molar-refractivity contribution in [1.29, 1.82) is 0 Å². The van der Waals surface area contributed by atoms with E-state index in [1.54, 1.807) is 32.6 Å². The van der Waals surface area contributed by atoms with Crippen LogP contribution in [0.15, 0.2) is 35.3 Å². The van der Waals surface area contributed by atoms with Gasteiger partial charge in [0.15, 0.2) is 0 Å². The monoisotopic (exact) mass is 403 g/mol. The number of aryl methyl sites for hydroxylation is 2. The molecule has 0 fully saturated rings. The van der Waals surface area contributed by atoms with Crippen LogP contribution in [0.1, 0.15) is 35.1 Å². The summed E-state index contributed by atoms with van der Waals surface area (Å²) in [6.07, 6.45) is 1.75. The van der Waals surface area contributed by atoms with Crippen molar-refractivity contribution in [2.75, 3.05) is 27.7 Å². The summed E-state index contributed by atoms with van der Waals surface area (Å²) in [5, 5.41) is 0.431. The van der Waals surface area contributed by atoms with Gasteiger partial charge in [0.05, 0.1) is 17.9 Å². The second-order valence-corrected chi connectivity index (χ2v) is 7.55. The molecule has 0 saturated carbocycles. The number of hydrogen-bond acceptors (Lipinski definition) is 2. The molecule has 0 N–H and O–H groups in total. The molecule has 4 nitrogen and oxygen atoms in total. The Kier molecular flexibility index (Phi) is 7.19. The fraction of sp³-hybridized carbons (Fsp3) is 0.364. The lowest BCUT2D eigenvalue weighted by molar-refractivity contribution is -0.129. The smallest absolute Gasteiger partial charge is 0.234 e. The van der Waals surface area contributed by atoms with Crippen molar-refractivity contribution >= 4 is 29.5 Å². The van der Waals surface area contributed by atoms with Gasteiger partial charge in [0, 0.05) is 32.7 Å². The molecule has 0 spiro atoms. The number of aliphatic imine (C=N–C) groups is 1. The zero-order valence-electron chi connectivity index (χ0n) is 17.3. The van der Waals surface area contributed by atoms with E-state index in [1.807, 2.05) is 38.8 Å². The Labute approximate surface area is 171 Å². The van der Waals surface area contributed by atoms with Crippen molar-refractivity contribution in [3.8, 4) is 0 Å². The van der Waals surface area contributed by atoms with Gasteiger partial charge < -0.3 is 9.80 Å². The van der Waals surface area contributed by atoms with Crippen LogP contribution in [0.5, 0.6) is 0 Å². The SMILES string of the molecule is CCN(C)/C=N/c1cc(Cl)c(C(C(=O)N(C)C)c2cc(F)ccc2C)cc1C. The van der Waals surface area contributed by atoms with Crippen LogP contribution in [0.25, 0.3) is 0 Å². The Hall–Kier alpha value is -2.40. The molecule has 0 aliphatic carbocycles. The Morgan fingerprint density at radius 2 is 1.82 bits per heavy atom. The van der Waals surface area contributed by atoms with Crippen molar-refractivity contribution in [3.05, 3.63) is 63.4 Å². The summed E-state index contributed by atoms with van der Waals surface area (Å²) in [6, 6.07) is 8.12. The number of carbonyl (C=O) groups excluding carboxylic acids is 1. The minimum absolute atomic E-state index is 0.156. The fourth-order valence-corrected chi connectivity index (χ4v) is 3.18. The third-order valence-corrected chi connectivity index (χ3v) is 5.09. The van der Waals surface area contributed by atoms with Crippen LogP contribution in [0, 0.1) is 19.7 Å². The number of nitrogens with zero attached hydrogens (tertiary/aromatic N) is 3. The van der Waals surface area contributed by atoms with Gasteiger partial charge in [-0.3, -0.25) is 4.79 Å². The molecule has 0 saturated heterocycles. The van der Waals surface area contributed by atoms with Gasteiger partial charge in [-0.15, -0.1) is 0 Å². The largest absolute Gasteiger partial charge is 0.366 e. The first-order valence-electron chi connectivity index (χ1n) is 9.17. The highest BCUT2D eigenvalue weighted by molar-refractivity contribution is 6.32. The highest BCUT2D eigenvalue weighted by Gasteiger charge is 2.28. The maximum atomic E-state index is 14.0. The lowest BCUT2D eigenvalue weighted by Crippen LogP contribution is -2.29. The molecule has 0 radical (unpaired) electrons. The number of halogens is 2.